The first-order valence-electron chi connectivity index (χ1n) is 5.98. The van der Waals surface area contributed by atoms with E-state index in [4.69, 9.17) is 16.0 Å². The number of rotatable bonds is 3. The first-order chi connectivity index (χ1) is 10.1. The molecule has 21 heavy (non-hydrogen) atoms. The van der Waals surface area contributed by atoms with Crippen molar-refractivity contribution in [3.63, 3.8) is 0 Å². The molecule has 0 unspecified atom stereocenters. The molecule has 2 aromatic carbocycles. The van der Waals surface area contributed by atoms with Gasteiger partial charge in [-0.25, -0.2) is 0 Å². The van der Waals surface area contributed by atoms with Crippen LogP contribution in [0, 0.1) is 10.1 Å². The molecular formula is C14H8ClN3O3. The highest BCUT2D eigenvalue weighted by atomic mass is 35.5. The topological polar surface area (TPSA) is 82.1 Å². The van der Waals surface area contributed by atoms with Gasteiger partial charge in [0.1, 0.15) is 0 Å². The molecule has 0 amide bonds. The Labute approximate surface area is 124 Å². The fourth-order valence-electron chi connectivity index (χ4n) is 1.77. The van der Waals surface area contributed by atoms with Gasteiger partial charge < -0.3 is 4.42 Å². The van der Waals surface area contributed by atoms with E-state index < -0.39 is 4.92 Å². The molecule has 0 spiro atoms. The van der Waals surface area contributed by atoms with Crippen LogP contribution in [0.2, 0.25) is 5.02 Å². The third-order valence-corrected chi connectivity index (χ3v) is 3.09. The van der Waals surface area contributed by atoms with Crippen molar-refractivity contribution in [2.45, 2.75) is 0 Å². The van der Waals surface area contributed by atoms with Gasteiger partial charge in [-0.15, -0.1) is 10.2 Å². The van der Waals surface area contributed by atoms with E-state index in [2.05, 4.69) is 10.2 Å². The van der Waals surface area contributed by atoms with Crippen molar-refractivity contribution in [3.8, 4) is 22.9 Å². The van der Waals surface area contributed by atoms with Crippen molar-refractivity contribution in [2.75, 3.05) is 0 Å². The molecule has 104 valence electrons. The van der Waals surface area contributed by atoms with Crippen LogP contribution in [-0.2, 0) is 0 Å². The largest absolute Gasteiger partial charge is 0.416 e. The van der Waals surface area contributed by atoms with Gasteiger partial charge in [-0.1, -0.05) is 11.6 Å². The van der Waals surface area contributed by atoms with Crippen molar-refractivity contribution in [1.29, 1.82) is 0 Å². The maximum Gasteiger partial charge on any atom is 0.269 e. The number of nitrogens with zero attached hydrogens (tertiary/aromatic N) is 3. The van der Waals surface area contributed by atoms with E-state index >= 15 is 0 Å². The fourth-order valence-corrected chi connectivity index (χ4v) is 1.90. The van der Waals surface area contributed by atoms with Gasteiger partial charge in [-0.3, -0.25) is 10.1 Å². The molecule has 7 heteroatoms. The predicted molar refractivity (Wildman–Crippen MR) is 76.8 cm³/mol. The number of aromatic nitrogens is 2. The summed E-state index contributed by atoms with van der Waals surface area (Å²) in [5.41, 5.74) is 1.38. The molecule has 0 bridgehead atoms. The average molecular weight is 302 g/mol. The van der Waals surface area contributed by atoms with E-state index in [1.165, 1.54) is 12.1 Å². The molecule has 0 aliphatic carbocycles. The van der Waals surface area contributed by atoms with Crippen molar-refractivity contribution in [3.05, 3.63) is 63.7 Å². The minimum Gasteiger partial charge on any atom is -0.416 e. The minimum atomic E-state index is -0.462. The summed E-state index contributed by atoms with van der Waals surface area (Å²) >= 11 is 5.82. The first kappa shape index (κ1) is 13.3. The highest BCUT2D eigenvalue weighted by Gasteiger charge is 2.12. The highest BCUT2D eigenvalue weighted by molar-refractivity contribution is 6.30. The van der Waals surface area contributed by atoms with E-state index in [-0.39, 0.29) is 5.69 Å². The number of nitro benzene ring substituents is 1. The summed E-state index contributed by atoms with van der Waals surface area (Å²) in [6.07, 6.45) is 0. The number of hydrogen-bond donors (Lipinski definition) is 0. The zero-order chi connectivity index (χ0) is 14.8. The lowest BCUT2D eigenvalue weighted by Crippen LogP contribution is -1.87. The molecule has 1 heterocycles. The summed E-state index contributed by atoms with van der Waals surface area (Å²) in [6, 6.07) is 12.9. The van der Waals surface area contributed by atoms with Crippen molar-refractivity contribution >= 4 is 17.3 Å². The van der Waals surface area contributed by atoms with Gasteiger partial charge in [0.2, 0.25) is 11.8 Å². The van der Waals surface area contributed by atoms with Gasteiger partial charge in [0, 0.05) is 28.3 Å². The quantitative estimate of drug-likeness (QED) is 0.540. The van der Waals surface area contributed by atoms with E-state index in [1.54, 1.807) is 36.4 Å². The zero-order valence-electron chi connectivity index (χ0n) is 10.6. The molecule has 3 aromatic rings. The average Bonchev–Trinajstić information content (AvgIpc) is 2.98. The Kier molecular flexibility index (Phi) is 3.37. The maximum atomic E-state index is 10.6. The normalized spacial score (nSPS) is 10.5. The van der Waals surface area contributed by atoms with Gasteiger partial charge in [-0.05, 0) is 36.4 Å². The fraction of sp³-hybridized carbons (Fsp3) is 0. The smallest absolute Gasteiger partial charge is 0.269 e. The van der Waals surface area contributed by atoms with Gasteiger partial charge in [-0.2, -0.15) is 0 Å². The Morgan fingerprint density at radius 3 is 1.86 bits per heavy atom. The second-order valence-corrected chi connectivity index (χ2v) is 4.66. The van der Waals surface area contributed by atoms with Crippen LogP contribution in [0.25, 0.3) is 22.9 Å². The maximum absolute atomic E-state index is 10.6. The summed E-state index contributed by atoms with van der Waals surface area (Å²) in [7, 11) is 0. The molecular weight excluding hydrogens is 294 g/mol. The standard InChI is InChI=1S/C14H8ClN3O3/c15-11-5-1-9(2-6-11)13-16-17-14(21-13)10-3-7-12(8-4-10)18(19)20/h1-8H. The van der Waals surface area contributed by atoms with Crippen molar-refractivity contribution in [2.24, 2.45) is 0 Å². The van der Waals surface area contributed by atoms with Crippen molar-refractivity contribution in [1.82, 2.24) is 10.2 Å². The third-order valence-electron chi connectivity index (χ3n) is 2.84. The number of hydrogen-bond acceptors (Lipinski definition) is 5. The summed E-state index contributed by atoms with van der Waals surface area (Å²) in [5, 5.41) is 19.1. The number of non-ortho nitro benzene ring substituents is 1. The summed E-state index contributed by atoms with van der Waals surface area (Å²) < 4.78 is 5.56. The molecule has 0 atom stereocenters. The number of benzene rings is 2. The Morgan fingerprint density at radius 1 is 0.905 bits per heavy atom. The second kappa shape index (κ2) is 5.34. The minimum absolute atomic E-state index is 0.0104. The SMILES string of the molecule is O=[N+]([O-])c1ccc(-c2nnc(-c3ccc(Cl)cc3)o2)cc1. The van der Waals surface area contributed by atoms with Gasteiger partial charge in [0.15, 0.2) is 0 Å². The van der Waals surface area contributed by atoms with Crippen LogP contribution in [0.5, 0.6) is 0 Å². The molecule has 0 fully saturated rings. The molecule has 0 radical (unpaired) electrons. The Bertz CT molecular complexity index is 782. The van der Waals surface area contributed by atoms with Crippen LogP contribution in [-0.4, -0.2) is 15.1 Å². The van der Waals surface area contributed by atoms with Gasteiger partial charge in [0.05, 0.1) is 4.92 Å². The van der Waals surface area contributed by atoms with Crippen LogP contribution in [0.3, 0.4) is 0 Å². The number of halogens is 1. The Morgan fingerprint density at radius 2 is 1.38 bits per heavy atom. The summed E-state index contributed by atoms with van der Waals surface area (Å²) in [6.45, 7) is 0. The third kappa shape index (κ3) is 2.75. The molecule has 0 saturated heterocycles. The van der Waals surface area contributed by atoms with Crippen LogP contribution in [0.15, 0.2) is 52.9 Å². The van der Waals surface area contributed by atoms with Crippen LogP contribution in [0.1, 0.15) is 0 Å². The molecule has 6 nitrogen and oxygen atoms in total. The highest BCUT2D eigenvalue weighted by Crippen LogP contribution is 2.26. The predicted octanol–water partition coefficient (Wildman–Crippen LogP) is 3.97. The first-order valence-corrected chi connectivity index (χ1v) is 6.35. The molecule has 0 saturated carbocycles. The lowest BCUT2D eigenvalue weighted by Gasteiger charge is -1.96. The Balaban J connectivity index is 1.90. The van der Waals surface area contributed by atoms with Crippen LogP contribution >= 0.6 is 11.6 Å². The van der Waals surface area contributed by atoms with E-state index in [9.17, 15) is 10.1 Å². The van der Waals surface area contributed by atoms with Crippen molar-refractivity contribution < 1.29 is 9.34 Å². The molecule has 1 aromatic heterocycles. The van der Waals surface area contributed by atoms with Gasteiger partial charge >= 0.3 is 0 Å². The van der Waals surface area contributed by atoms with Crippen LogP contribution < -0.4 is 0 Å². The summed E-state index contributed by atoms with van der Waals surface area (Å²) in [5.74, 6) is 0.662. The van der Waals surface area contributed by atoms with Gasteiger partial charge in [0.25, 0.3) is 5.69 Å². The van der Waals surface area contributed by atoms with E-state index in [1.807, 2.05) is 0 Å². The number of nitro groups is 1. The monoisotopic (exact) mass is 301 g/mol. The second-order valence-electron chi connectivity index (χ2n) is 4.22. The van der Waals surface area contributed by atoms with E-state index in [0.717, 1.165) is 5.56 Å². The zero-order valence-corrected chi connectivity index (χ0v) is 11.3. The molecule has 0 aliphatic rings. The van der Waals surface area contributed by atoms with Crippen LogP contribution in [0.4, 0.5) is 5.69 Å². The molecule has 3 rings (SSSR count). The molecule has 0 N–H and O–H groups in total. The summed E-state index contributed by atoms with van der Waals surface area (Å²) in [4.78, 5) is 10.1. The Hall–Kier alpha value is -2.73. The lowest BCUT2D eigenvalue weighted by molar-refractivity contribution is -0.384. The van der Waals surface area contributed by atoms with E-state index in [0.29, 0.717) is 22.4 Å². The molecule has 0 aliphatic heterocycles. The lowest BCUT2D eigenvalue weighted by atomic mass is 10.2.